The number of aliphatic carboxylic acids is 1. The van der Waals surface area contributed by atoms with E-state index in [1.165, 1.54) is 11.3 Å². The number of aromatic nitrogens is 2. The maximum absolute atomic E-state index is 11.8. The standard InChI is InChI=1S/C16H18N4O5S/c1-8-10(6-17)19-13(24-8)11-7-26-12(18-11)5-9(14(21)22)20-15(23)25-16(2,3)4/h7,9H,5H2,1-4H3,(H,20,23)(H,21,22). The quantitative estimate of drug-likeness (QED) is 0.809. The van der Waals surface area contributed by atoms with Crippen molar-refractivity contribution in [2.75, 3.05) is 0 Å². The molecule has 0 spiro atoms. The summed E-state index contributed by atoms with van der Waals surface area (Å²) in [6, 6.07) is 0.721. The number of nitriles is 1. The van der Waals surface area contributed by atoms with E-state index in [1.807, 2.05) is 6.07 Å². The van der Waals surface area contributed by atoms with Crippen LogP contribution in [0.4, 0.5) is 4.79 Å². The van der Waals surface area contributed by atoms with Crippen molar-refractivity contribution in [2.24, 2.45) is 0 Å². The second kappa shape index (κ2) is 7.53. The molecule has 2 rings (SSSR count). The number of hydrogen-bond donors (Lipinski definition) is 2. The average Bonchev–Trinajstić information content (AvgIpc) is 3.10. The molecule has 138 valence electrons. The third-order valence-electron chi connectivity index (χ3n) is 3.04. The van der Waals surface area contributed by atoms with Crippen LogP contribution in [0.3, 0.4) is 0 Å². The third-order valence-corrected chi connectivity index (χ3v) is 3.91. The highest BCUT2D eigenvalue weighted by Gasteiger charge is 2.25. The summed E-state index contributed by atoms with van der Waals surface area (Å²) in [5.41, 5.74) is -0.163. The first kappa shape index (κ1) is 19.4. The smallest absolute Gasteiger partial charge is 0.408 e. The summed E-state index contributed by atoms with van der Waals surface area (Å²) in [6.07, 6.45) is -0.840. The van der Waals surface area contributed by atoms with E-state index in [0.29, 0.717) is 16.5 Å². The Morgan fingerprint density at radius 2 is 2.15 bits per heavy atom. The van der Waals surface area contributed by atoms with Crippen molar-refractivity contribution in [3.63, 3.8) is 0 Å². The first-order valence-electron chi connectivity index (χ1n) is 7.63. The first-order valence-corrected chi connectivity index (χ1v) is 8.51. The van der Waals surface area contributed by atoms with E-state index in [-0.39, 0.29) is 18.0 Å². The zero-order chi connectivity index (χ0) is 19.5. The number of ether oxygens (including phenoxy) is 1. The number of rotatable bonds is 5. The van der Waals surface area contributed by atoms with Gasteiger partial charge in [-0.15, -0.1) is 11.3 Å². The van der Waals surface area contributed by atoms with E-state index in [0.717, 1.165) is 0 Å². The SMILES string of the molecule is Cc1oc(-c2csc(CC(NC(=O)OC(C)(C)C)C(=O)O)n2)nc1C#N. The Kier molecular flexibility index (Phi) is 5.62. The molecule has 0 fully saturated rings. The first-order chi connectivity index (χ1) is 12.1. The van der Waals surface area contributed by atoms with Gasteiger partial charge in [0.25, 0.3) is 0 Å². The van der Waals surface area contributed by atoms with Gasteiger partial charge in [-0.2, -0.15) is 10.2 Å². The molecule has 0 saturated carbocycles. The Morgan fingerprint density at radius 3 is 2.69 bits per heavy atom. The van der Waals surface area contributed by atoms with Crippen molar-refractivity contribution < 1.29 is 23.8 Å². The van der Waals surface area contributed by atoms with Gasteiger partial charge < -0.3 is 19.6 Å². The number of amides is 1. The zero-order valence-electron chi connectivity index (χ0n) is 14.7. The highest BCUT2D eigenvalue weighted by Crippen LogP contribution is 2.24. The van der Waals surface area contributed by atoms with Gasteiger partial charge in [0.2, 0.25) is 5.89 Å². The van der Waals surface area contributed by atoms with Crippen LogP contribution in [0.15, 0.2) is 9.80 Å². The summed E-state index contributed by atoms with van der Waals surface area (Å²) < 4.78 is 10.5. The summed E-state index contributed by atoms with van der Waals surface area (Å²) in [7, 11) is 0. The van der Waals surface area contributed by atoms with E-state index >= 15 is 0 Å². The highest BCUT2D eigenvalue weighted by molar-refractivity contribution is 7.09. The number of carbonyl (C=O) groups is 2. The van der Waals surface area contributed by atoms with Crippen LogP contribution in [0.1, 0.15) is 37.2 Å². The predicted octanol–water partition coefficient (Wildman–Crippen LogP) is 2.50. The molecule has 0 aliphatic carbocycles. The fourth-order valence-corrected chi connectivity index (χ4v) is 2.75. The molecule has 2 N–H and O–H groups in total. The predicted molar refractivity (Wildman–Crippen MR) is 91.6 cm³/mol. The number of hydrogen-bond acceptors (Lipinski definition) is 8. The Bertz CT molecular complexity index is 859. The van der Waals surface area contributed by atoms with E-state index < -0.39 is 23.7 Å². The molecule has 0 radical (unpaired) electrons. The van der Waals surface area contributed by atoms with Crippen molar-refractivity contribution in [2.45, 2.75) is 45.8 Å². The molecule has 1 amide bonds. The molecular formula is C16H18N4O5S. The van der Waals surface area contributed by atoms with Crippen LogP contribution in [0.2, 0.25) is 0 Å². The summed E-state index contributed by atoms with van der Waals surface area (Å²) in [5, 5.41) is 22.7. The van der Waals surface area contributed by atoms with Gasteiger partial charge in [-0.05, 0) is 27.7 Å². The van der Waals surface area contributed by atoms with E-state index in [1.54, 1.807) is 33.1 Å². The molecule has 0 aromatic carbocycles. The van der Waals surface area contributed by atoms with E-state index in [2.05, 4.69) is 15.3 Å². The number of aryl methyl sites for hydroxylation is 1. The molecule has 1 unspecified atom stereocenters. The van der Waals surface area contributed by atoms with E-state index in [4.69, 9.17) is 14.4 Å². The largest absolute Gasteiger partial charge is 0.480 e. The number of alkyl carbamates (subject to hydrolysis) is 1. The molecule has 0 aliphatic rings. The summed E-state index contributed by atoms with van der Waals surface area (Å²) in [6.45, 7) is 6.67. The molecular weight excluding hydrogens is 360 g/mol. The lowest BCUT2D eigenvalue weighted by molar-refractivity contribution is -0.139. The number of carboxylic acids is 1. The number of nitrogens with zero attached hydrogens (tertiary/aromatic N) is 3. The molecule has 1 atom stereocenters. The molecule has 2 aromatic rings. The molecule has 0 saturated heterocycles. The lowest BCUT2D eigenvalue weighted by Gasteiger charge is -2.21. The van der Waals surface area contributed by atoms with Gasteiger partial charge in [-0.25, -0.2) is 14.6 Å². The van der Waals surface area contributed by atoms with Gasteiger partial charge in [0.05, 0.1) is 5.01 Å². The van der Waals surface area contributed by atoms with E-state index in [9.17, 15) is 14.7 Å². The van der Waals surface area contributed by atoms with Crippen molar-refractivity contribution >= 4 is 23.4 Å². The van der Waals surface area contributed by atoms with Crippen molar-refractivity contribution in [1.29, 1.82) is 5.26 Å². The molecule has 26 heavy (non-hydrogen) atoms. The molecule has 0 bridgehead atoms. The van der Waals surface area contributed by atoms with Crippen LogP contribution < -0.4 is 5.32 Å². The number of oxazole rings is 1. The van der Waals surface area contributed by atoms with Gasteiger partial charge in [0.1, 0.15) is 29.2 Å². The molecule has 2 heterocycles. The molecule has 9 nitrogen and oxygen atoms in total. The van der Waals surface area contributed by atoms with Crippen LogP contribution >= 0.6 is 11.3 Å². The molecule has 0 aliphatic heterocycles. The van der Waals surface area contributed by atoms with Gasteiger partial charge in [0.15, 0.2) is 5.69 Å². The summed E-state index contributed by atoms with van der Waals surface area (Å²) >= 11 is 1.20. The second-order valence-corrected chi connectivity index (χ2v) is 7.35. The van der Waals surface area contributed by atoms with Gasteiger partial charge in [-0.3, -0.25) is 0 Å². The minimum atomic E-state index is -1.20. The van der Waals surface area contributed by atoms with Crippen LogP contribution in [0.5, 0.6) is 0 Å². The molecule has 10 heteroatoms. The zero-order valence-corrected chi connectivity index (χ0v) is 15.5. The van der Waals surface area contributed by atoms with Crippen LogP contribution in [-0.2, 0) is 16.0 Å². The van der Waals surface area contributed by atoms with Crippen LogP contribution in [0.25, 0.3) is 11.6 Å². The maximum atomic E-state index is 11.8. The fraction of sp³-hybridized carbons (Fsp3) is 0.438. The summed E-state index contributed by atoms with van der Waals surface area (Å²) in [4.78, 5) is 31.5. The van der Waals surface area contributed by atoms with Gasteiger partial charge >= 0.3 is 12.1 Å². The second-order valence-electron chi connectivity index (χ2n) is 6.40. The van der Waals surface area contributed by atoms with Crippen LogP contribution in [-0.4, -0.2) is 38.8 Å². The topological polar surface area (TPSA) is 138 Å². The summed E-state index contributed by atoms with van der Waals surface area (Å²) in [5.74, 6) is -0.632. The molecule has 2 aromatic heterocycles. The monoisotopic (exact) mass is 378 g/mol. The van der Waals surface area contributed by atoms with Crippen LogP contribution in [0, 0.1) is 18.3 Å². The van der Waals surface area contributed by atoms with Gasteiger partial charge in [-0.1, -0.05) is 0 Å². The fourth-order valence-electron chi connectivity index (χ4n) is 1.94. The third kappa shape index (κ3) is 5.03. The maximum Gasteiger partial charge on any atom is 0.408 e. The van der Waals surface area contributed by atoms with Crippen molar-refractivity contribution in [1.82, 2.24) is 15.3 Å². The average molecular weight is 378 g/mol. The Balaban J connectivity index is 2.10. The number of carboxylic acid groups (broad SMARTS) is 1. The Morgan fingerprint density at radius 1 is 1.46 bits per heavy atom. The van der Waals surface area contributed by atoms with Crippen molar-refractivity contribution in [3.05, 3.63) is 21.8 Å². The highest BCUT2D eigenvalue weighted by atomic mass is 32.1. The lowest BCUT2D eigenvalue weighted by atomic mass is 10.2. The Labute approximate surface area is 153 Å². The van der Waals surface area contributed by atoms with Gasteiger partial charge in [0, 0.05) is 11.8 Å². The lowest BCUT2D eigenvalue weighted by Crippen LogP contribution is -2.44. The van der Waals surface area contributed by atoms with Crippen molar-refractivity contribution in [3.8, 4) is 17.7 Å². The number of nitrogens with one attached hydrogen (secondary N) is 1. The number of carbonyl (C=O) groups excluding carboxylic acids is 1. The minimum absolute atomic E-state index is 0.0238. The minimum Gasteiger partial charge on any atom is -0.480 e. The normalized spacial score (nSPS) is 12.3. The Hall–Kier alpha value is -2.93. The number of thiazole rings is 1.